The summed E-state index contributed by atoms with van der Waals surface area (Å²) >= 11 is 0. The van der Waals surface area contributed by atoms with Crippen LogP contribution in [0, 0.1) is 0 Å². The van der Waals surface area contributed by atoms with E-state index in [0.717, 1.165) is 17.5 Å². The van der Waals surface area contributed by atoms with Gasteiger partial charge in [-0.05, 0) is 17.5 Å². The van der Waals surface area contributed by atoms with Gasteiger partial charge in [-0.25, -0.2) is 0 Å². The van der Waals surface area contributed by atoms with Crippen molar-refractivity contribution in [1.82, 2.24) is 5.32 Å². The van der Waals surface area contributed by atoms with E-state index in [1.807, 2.05) is 24.3 Å². The molecule has 3 nitrogen and oxygen atoms in total. The third kappa shape index (κ3) is 1.51. The largest absolute Gasteiger partial charge is 0.386 e. The first-order valence-electron chi connectivity index (χ1n) is 4.71. The number of hydrogen-bond acceptors (Lipinski definition) is 2. The molecule has 0 spiro atoms. The van der Waals surface area contributed by atoms with Crippen LogP contribution in [0.15, 0.2) is 24.3 Å². The third-order valence-electron chi connectivity index (χ3n) is 2.58. The second-order valence-corrected chi connectivity index (χ2v) is 3.65. The number of benzene rings is 1. The zero-order valence-electron chi connectivity index (χ0n) is 8.03. The lowest BCUT2D eigenvalue weighted by atomic mass is 10.1. The second-order valence-electron chi connectivity index (χ2n) is 3.65. The van der Waals surface area contributed by atoms with E-state index in [-0.39, 0.29) is 11.9 Å². The van der Waals surface area contributed by atoms with Crippen LogP contribution in [0.25, 0.3) is 0 Å². The summed E-state index contributed by atoms with van der Waals surface area (Å²) in [7, 11) is 0. The van der Waals surface area contributed by atoms with Crippen molar-refractivity contribution in [2.45, 2.75) is 25.5 Å². The van der Waals surface area contributed by atoms with Crippen LogP contribution in [0.4, 0.5) is 0 Å². The van der Waals surface area contributed by atoms with Crippen molar-refractivity contribution < 1.29 is 9.90 Å². The zero-order valence-corrected chi connectivity index (χ0v) is 8.03. The van der Waals surface area contributed by atoms with Crippen molar-refractivity contribution >= 4 is 5.91 Å². The molecule has 3 heteroatoms. The molecular formula is C11H13NO2. The molecule has 0 aliphatic heterocycles. The number of hydrogen-bond donors (Lipinski definition) is 2. The SMILES string of the molecule is CC(=O)N[C@H]1Cc2ccccc2[C@H]1O. The number of carbonyl (C=O) groups excluding carboxylic acids is 1. The van der Waals surface area contributed by atoms with Gasteiger partial charge in [-0.1, -0.05) is 24.3 Å². The van der Waals surface area contributed by atoms with Crippen molar-refractivity contribution in [1.29, 1.82) is 0 Å². The normalized spacial score (nSPS) is 24.4. The Bertz CT molecular complexity index is 362. The van der Waals surface area contributed by atoms with E-state index < -0.39 is 6.10 Å². The first-order chi connectivity index (χ1) is 6.68. The molecular weight excluding hydrogens is 178 g/mol. The number of nitrogens with one attached hydrogen (secondary N) is 1. The highest BCUT2D eigenvalue weighted by Crippen LogP contribution is 2.30. The van der Waals surface area contributed by atoms with E-state index in [4.69, 9.17) is 0 Å². The lowest BCUT2D eigenvalue weighted by Gasteiger charge is -2.15. The van der Waals surface area contributed by atoms with Gasteiger partial charge in [0.15, 0.2) is 0 Å². The van der Waals surface area contributed by atoms with Gasteiger partial charge in [-0.15, -0.1) is 0 Å². The summed E-state index contributed by atoms with van der Waals surface area (Å²) in [6, 6.07) is 7.58. The highest BCUT2D eigenvalue weighted by Gasteiger charge is 2.30. The van der Waals surface area contributed by atoms with Gasteiger partial charge in [0.1, 0.15) is 0 Å². The lowest BCUT2D eigenvalue weighted by molar-refractivity contribution is -0.120. The van der Waals surface area contributed by atoms with Crippen molar-refractivity contribution in [3.63, 3.8) is 0 Å². The molecule has 1 aromatic carbocycles. The lowest BCUT2D eigenvalue weighted by Crippen LogP contribution is -2.36. The molecule has 0 aromatic heterocycles. The van der Waals surface area contributed by atoms with Gasteiger partial charge in [0.2, 0.25) is 5.91 Å². The van der Waals surface area contributed by atoms with Crippen LogP contribution in [-0.2, 0) is 11.2 Å². The second kappa shape index (κ2) is 3.42. The molecule has 14 heavy (non-hydrogen) atoms. The van der Waals surface area contributed by atoms with E-state index in [1.54, 1.807) is 0 Å². The van der Waals surface area contributed by atoms with E-state index in [0.29, 0.717) is 0 Å². The molecule has 1 aliphatic rings. The Morgan fingerprint density at radius 2 is 2.21 bits per heavy atom. The summed E-state index contributed by atoms with van der Waals surface area (Å²) in [4.78, 5) is 10.9. The maximum atomic E-state index is 10.9. The molecule has 2 atom stereocenters. The number of carbonyl (C=O) groups is 1. The van der Waals surface area contributed by atoms with Crippen LogP contribution in [0.3, 0.4) is 0 Å². The Hall–Kier alpha value is -1.35. The van der Waals surface area contributed by atoms with Crippen LogP contribution in [-0.4, -0.2) is 17.1 Å². The molecule has 74 valence electrons. The van der Waals surface area contributed by atoms with Crippen LogP contribution >= 0.6 is 0 Å². The Balaban J connectivity index is 2.21. The maximum Gasteiger partial charge on any atom is 0.217 e. The van der Waals surface area contributed by atoms with Gasteiger partial charge >= 0.3 is 0 Å². The fourth-order valence-corrected chi connectivity index (χ4v) is 1.96. The smallest absolute Gasteiger partial charge is 0.217 e. The van der Waals surface area contributed by atoms with Crippen LogP contribution in [0.1, 0.15) is 24.2 Å². The molecule has 0 saturated heterocycles. The van der Waals surface area contributed by atoms with Crippen LogP contribution in [0.5, 0.6) is 0 Å². The summed E-state index contributed by atoms with van der Waals surface area (Å²) < 4.78 is 0. The fourth-order valence-electron chi connectivity index (χ4n) is 1.96. The monoisotopic (exact) mass is 191 g/mol. The topological polar surface area (TPSA) is 49.3 Å². The van der Waals surface area contributed by atoms with Gasteiger partial charge in [-0.2, -0.15) is 0 Å². The predicted octanol–water partition coefficient (Wildman–Crippen LogP) is 0.781. The summed E-state index contributed by atoms with van der Waals surface area (Å²) in [5.41, 5.74) is 2.06. The predicted molar refractivity (Wildman–Crippen MR) is 52.7 cm³/mol. The Morgan fingerprint density at radius 3 is 2.86 bits per heavy atom. The number of rotatable bonds is 1. The minimum Gasteiger partial charge on any atom is -0.386 e. The summed E-state index contributed by atoms with van der Waals surface area (Å²) in [5.74, 6) is -0.0955. The van der Waals surface area contributed by atoms with Gasteiger partial charge in [-0.3, -0.25) is 4.79 Å². The number of fused-ring (bicyclic) bond motifs is 1. The maximum absolute atomic E-state index is 10.9. The van der Waals surface area contributed by atoms with E-state index in [2.05, 4.69) is 5.32 Å². The molecule has 0 heterocycles. The molecule has 0 fully saturated rings. The third-order valence-corrected chi connectivity index (χ3v) is 2.58. The summed E-state index contributed by atoms with van der Waals surface area (Å²) in [5, 5.41) is 12.6. The van der Waals surface area contributed by atoms with Gasteiger partial charge < -0.3 is 10.4 Å². The Kier molecular flexibility index (Phi) is 2.25. The van der Waals surface area contributed by atoms with Gasteiger partial charge in [0, 0.05) is 6.92 Å². The van der Waals surface area contributed by atoms with E-state index in [9.17, 15) is 9.90 Å². The van der Waals surface area contributed by atoms with Crippen LogP contribution in [0.2, 0.25) is 0 Å². The average Bonchev–Trinajstić information content (AvgIpc) is 2.44. The van der Waals surface area contributed by atoms with Gasteiger partial charge in [0.05, 0.1) is 12.1 Å². The molecule has 1 aliphatic carbocycles. The van der Waals surface area contributed by atoms with E-state index in [1.165, 1.54) is 6.92 Å². The molecule has 0 radical (unpaired) electrons. The molecule has 2 N–H and O–H groups in total. The summed E-state index contributed by atoms with van der Waals surface area (Å²) in [6.45, 7) is 1.47. The Labute approximate surface area is 82.8 Å². The molecule has 1 amide bonds. The average molecular weight is 191 g/mol. The van der Waals surface area contributed by atoms with Crippen molar-refractivity contribution in [2.24, 2.45) is 0 Å². The van der Waals surface area contributed by atoms with Crippen molar-refractivity contribution in [2.75, 3.05) is 0 Å². The minimum absolute atomic E-state index is 0.0955. The molecule has 0 saturated carbocycles. The highest BCUT2D eigenvalue weighted by atomic mass is 16.3. The Morgan fingerprint density at radius 1 is 1.50 bits per heavy atom. The highest BCUT2D eigenvalue weighted by molar-refractivity contribution is 5.73. The minimum atomic E-state index is -0.560. The first-order valence-corrected chi connectivity index (χ1v) is 4.71. The number of amides is 1. The summed E-state index contributed by atoms with van der Waals surface area (Å²) in [6.07, 6.45) is 0.159. The molecule has 2 rings (SSSR count). The fraction of sp³-hybridized carbons (Fsp3) is 0.364. The number of aliphatic hydroxyl groups excluding tert-OH is 1. The molecule has 0 unspecified atom stereocenters. The van der Waals surface area contributed by atoms with Crippen molar-refractivity contribution in [3.8, 4) is 0 Å². The standard InChI is InChI=1S/C11H13NO2/c1-7(13)12-10-6-8-4-2-3-5-9(8)11(10)14/h2-5,10-11,14H,6H2,1H3,(H,12,13)/t10-,11+/m0/s1. The van der Waals surface area contributed by atoms with Gasteiger partial charge in [0.25, 0.3) is 0 Å². The molecule has 1 aromatic rings. The zero-order chi connectivity index (χ0) is 10.1. The quantitative estimate of drug-likeness (QED) is 0.689. The van der Waals surface area contributed by atoms with Crippen LogP contribution < -0.4 is 5.32 Å². The van der Waals surface area contributed by atoms with Crippen molar-refractivity contribution in [3.05, 3.63) is 35.4 Å². The number of aliphatic hydroxyl groups is 1. The molecule has 0 bridgehead atoms. The van der Waals surface area contributed by atoms with E-state index >= 15 is 0 Å². The first kappa shape index (κ1) is 9.21.